The summed E-state index contributed by atoms with van der Waals surface area (Å²) in [4.78, 5) is 5.94. The second-order valence-electron chi connectivity index (χ2n) is 5.18. The maximum Gasteiger partial charge on any atom is 0.416 e. The highest BCUT2D eigenvalue weighted by Gasteiger charge is 2.31. The molecule has 6 heteroatoms. The highest BCUT2D eigenvalue weighted by Crippen LogP contribution is 2.30. The number of alkyl halides is 3. The van der Waals surface area contributed by atoms with Gasteiger partial charge in [0.1, 0.15) is 5.82 Å². The normalized spacial score (nSPS) is 13.9. The van der Waals surface area contributed by atoms with E-state index in [1.165, 1.54) is 6.20 Å². The van der Waals surface area contributed by atoms with Crippen LogP contribution in [0.2, 0.25) is 0 Å². The number of nitrogens with one attached hydrogen (secondary N) is 1. The largest absolute Gasteiger partial charge is 0.416 e. The first-order chi connectivity index (χ1) is 8.70. The van der Waals surface area contributed by atoms with Gasteiger partial charge in [0.15, 0.2) is 0 Å². The van der Waals surface area contributed by atoms with Crippen LogP contribution in [0.4, 0.5) is 19.0 Å². The Morgan fingerprint density at radius 1 is 1.32 bits per heavy atom. The number of pyridine rings is 1. The van der Waals surface area contributed by atoms with Crippen LogP contribution in [0.15, 0.2) is 18.3 Å². The molecule has 1 aromatic rings. The van der Waals surface area contributed by atoms with Crippen LogP contribution in [-0.4, -0.2) is 36.6 Å². The van der Waals surface area contributed by atoms with Gasteiger partial charge in [0.2, 0.25) is 0 Å². The molecule has 0 bridgehead atoms. The molecule has 0 aliphatic rings. The van der Waals surface area contributed by atoms with Gasteiger partial charge in [-0.15, -0.1) is 0 Å². The molecule has 0 spiro atoms. The summed E-state index contributed by atoms with van der Waals surface area (Å²) in [7, 11) is 3.85. The zero-order chi connectivity index (χ0) is 14.6. The van der Waals surface area contributed by atoms with E-state index in [4.69, 9.17) is 0 Å². The number of halogens is 3. The molecular weight excluding hydrogens is 255 g/mol. The molecule has 0 amide bonds. The van der Waals surface area contributed by atoms with Crippen molar-refractivity contribution in [1.29, 1.82) is 0 Å². The molecule has 108 valence electrons. The van der Waals surface area contributed by atoms with Crippen molar-refractivity contribution in [3.63, 3.8) is 0 Å². The number of aromatic nitrogens is 1. The molecule has 1 unspecified atom stereocenters. The average molecular weight is 275 g/mol. The predicted molar refractivity (Wildman–Crippen MR) is 70.0 cm³/mol. The van der Waals surface area contributed by atoms with Crippen molar-refractivity contribution in [2.24, 2.45) is 5.92 Å². The van der Waals surface area contributed by atoms with Crippen LogP contribution in [0, 0.1) is 5.92 Å². The van der Waals surface area contributed by atoms with E-state index in [2.05, 4.69) is 10.3 Å². The highest BCUT2D eigenvalue weighted by atomic mass is 19.4. The van der Waals surface area contributed by atoms with E-state index in [-0.39, 0.29) is 11.9 Å². The molecule has 1 rings (SSSR count). The lowest BCUT2D eigenvalue weighted by Crippen LogP contribution is -2.36. The van der Waals surface area contributed by atoms with E-state index < -0.39 is 11.7 Å². The summed E-state index contributed by atoms with van der Waals surface area (Å²) in [6.07, 6.45) is -3.16. The Balaban J connectivity index is 2.85. The number of hydrogen-bond donors (Lipinski definition) is 1. The van der Waals surface area contributed by atoms with Crippen LogP contribution in [0.5, 0.6) is 0 Å². The van der Waals surface area contributed by atoms with Crippen LogP contribution in [-0.2, 0) is 6.18 Å². The van der Waals surface area contributed by atoms with Gasteiger partial charge in [0, 0.05) is 18.8 Å². The Kier molecular flexibility index (Phi) is 5.17. The monoisotopic (exact) mass is 275 g/mol. The molecule has 0 aromatic carbocycles. The molecule has 0 saturated carbocycles. The van der Waals surface area contributed by atoms with Crippen molar-refractivity contribution >= 4 is 5.82 Å². The van der Waals surface area contributed by atoms with Gasteiger partial charge >= 0.3 is 6.18 Å². The molecule has 3 nitrogen and oxygen atoms in total. The summed E-state index contributed by atoms with van der Waals surface area (Å²) < 4.78 is 37.8. The van der Waals surface area contributed by atoms with Gasteiger partial charge < -0.3 is 10.2 Å². The summed E-state index contributed by atoms with van der Waals surface area (Å²) in [5, 5.41) is 3.07. The standard InChI is InChI=1S/C13H20F3N3/c1-9(2)11(8-19(3)4)18-12-7-10(5-6-17-12)13(14,15)16/h5-7,9,11H,8H2,1-4H3,(H,17,18). The molecule has 0 saturated heterocycles. The fourth-order valence-electron chi connectivity index (χ4n) is 1.69. The third kappa shape index (κ3) is 5.06. The summed E-state index contributed by atoms with van der Waals surface area (Å²) in [5.74, 6) is 0.550. The van der Waals surface area contributed by atoms with Crippen molar-refractivity contribution in [2.45, 2.75) is 26.1 Å². The summed E-state index contributed by atoms with van der Waals surface area (Å²) in [6.45, 7) is 4.78. The third-order valence-electron chi connectivity index (χ3n) is 2.79. The predicted octanol–water partition coefficient (Wildman–Crippen LogP) is 3.10. The van der Waals surface area contributed by atoms with Gasteiger partial charge in [-0.05, 0) is 32.1 Å². The average Bonchev–Trinajstić information content (AvgIpc) is 2.26. The van der Waals surface area contributed by atoms with Gasteiger partial charge in [-0.25, -0.2) is 4.98 Å². The number of rotatable bonds is 5. The zero-order valence-corrected chi connectivity index (χ0v) is 11.6. The van der Waals surface area contributed by atoms with Crippen molar-refractivity contribution < 1.29 is 13.2 Å². The Bertz CT molecular complexity index is 402. The topological polar surface area (TPSA) is 28.2 Å². The molecule has 1 atom stereocenters. The quantitative estimate of drug-likeness (QED) is 0.895. The van der Waals surface area contributed by atoms with Crippen molar-refractivity contribution in [3.05, 3.63) is 23.9 Å². The SMILES string of the molecule is CC(C)C(CN(C)C)Nc1cc(C(F)(F)F)ccn1. The van der Waals surface area contributed by atoms with Crippen LogP contribution in [0.25, 0.3) is 0 Å². The second-order valence-corrected chi connectivity index (χ2v) is 5.18. The Morgan fingerprint density at radius 3 is 2.42 bits per heavy atom. The van der Waals surface area contributed by atoms with E-state index in [0.29, 0.717) is 5.92 Å². The lowest BCUT2D eigenvalue weighted by atomic mass is 10.0. The highest BCUT2D eigenvalue weighted by molar-refractivity contribution is 5.39. The number of likely N-dealkylation sites (N-methyl/N-ethyl adjacent to an activating group) is 1. The van der Waals surface area contributed by atoms with Crippen LogP contribution < -0.4 is 5.32 Å². The molecule has 0 fully saturated rings. The van der Waals surface area contributed by atoms with Crippen LogP contribution in [0.1, 0.15) is 19.4 Å². The number of hydrogen-bond acceptors (Lipinski definition) is 3. The number of nitrogens with zero attached hydrogens (tertiary/aromatic N) is 2. The van der Waals surface area contributed by atoms with E-state index in [9.17, 15) is 13.2 Å². The third-order valence-corrected chi connectivity index (χ3v) is 2.79. The first-order valence-electron chi connectivity index (χ1n) is 6.14. The molecule has 1 heterocycles. The van der Waals surface area contributed by atoms with E-state index >= 15 is 0 Å². The summed E-state index contributed by atoms with van der Waals surface area (Å²) in [5.41, 5.74) is -0.683. The fourth-order valence-corrected chi connectivity index (χ4v) is 1.69. The van der Waals surface area contributed by atoms with Crippen molar-refractivity contribution in [1.82, 2.24) is 9.88 Å². The lowest BCUT2D eigenvalue weighted by Gasteiger charge is -2.26. The first-order valence-corrected chi connectivity index (χ1v) is 6.14. The van der Waals surface area contributed by atoms with E-state index in [0.717, 1.165) is 18.7 Å². The number of anilines is 1. The Morgan fingerprint density at radius 2 is 1.95 bits per heavy atom. The molecule has 0 aliphatic heterocycles. The lowest BCUT2D eigenvalue weighted by molar-refractivity contribution is -0.137. The molecule has 1 N–H and O–H groups in total. The Labute approximate surface area is 111 Å². The molecule has 0 aliphatic carbocycles. The minimum absolute atomic E-state index is 0.0472. The zero-order valence-electron chi connectivity index (χ0n) is 11.6. The molecule has 0 radical (unpaired) electrons. The maximum atomic E-state index is 12.6. The smallest absolute Gasteiger partial charge is 0.366 e. The van der Waals surface area contributed by atoms with E-state index in [1.54, 1.807) is 0 Å². The minimum Gasteiger partial charge on any atom is -0.366 e. The second kappa shape index (κ2) is 6.23. The van der Waals surface area contributed by atoms with Gasteiger partial charge in [0.05, 0.1) is 5.56 Å². The summed E-state index contributed by atoms with van der Waals surface area (Å²) >= 11 is 0. The summed E-state index contributed by atoms with van der Waals surface area (Å²) in [6, 6.07) is 2.07. The maximum absolute atomic E-state index is 12.6. The minimum atomic E-state index is -4.34. The van der Waals surface area contributed by atoms with Gasteiger partial charge in [0.25, 0.3) is 0 Å². The van der Waals surface area contributed by atoms with Crippen LogP contribution in [0.3, 0.4) is 0 Å². The molecule has 19 heavy (non-hydrogen) atoms. The van der Waals surface area contributed by atoms with E-state index in [1.807, 2.05) is 32.8 Å². The van der Waals surface area contributed by atoms with Crippen LogP contribution >= 0.6 is 0 Å². The fraction of sp³-hybridized carbons (Fsp3) is 0.615. The van der Waals surface area contributed by atoms with Gasteiger partial charge in [-0.2, -0.15) is 13.2 Å². The molecular formula is C13H20F3N3. The molecule has 1 aromatic heterocycles. The van der Waals surface area contributed by atoms with Crippen molar-refractivity contribution in [3.8, 4) is 0 Å². The van der Waals surface area contributed by atoms with Crippen molar-refractivity contribution in [2.75, 3.05) is 26.0 Å². The van der Waals surface area contributed by atoms with Gasteiger partial charge in [-0.1, -0.05) is 13.8 Å². The Hall–Kier alpha value is -1.30. The first kappa shape index (κ1) is 15.8. The van der Waals surface area contributed by atoms with Gasteiger partial charge in [-0.3, -0.25) is 0 Å².